The fourth-order valence-corrected chi connectivity index (χ4v) is 2.72. The van der Waals surface area contributed by atoms with Crippen molar-refractivity contribution in [1.82, 2.24) is 4.37 Å². The molecule has 0 bridgehead atoms. The monoisotopic (exact) mass is 402 g/mol. The smallest absolute Gasteiger partial charge is 0.411 e. The SMILES string of the molecule is [C-]#[N+]c1c(C)nsc1N=Nc1cc(NC(C)=O)c(O)cc1NC(=O)OC(C)C. The summed E-state index contributed by atoms with van der Waals surface area (Å²) in [5.74, 6) is -0.670. The number of aromatic hydroxyl groups is 1. The van der Waals surface area contributed by atoms with Crippen molar-refractivity contribution in [3.63, 3.8) is 0 Å². The number of ether oxygens (including phenoxy) is 1. The fourth-order valence-electron chi connectivity index (χ4n) is 2.05. The molecule has 3 N–H and O–H groups in total. The Hall–Kier alpha value is -3.52. The van der Waals surface area contributed by atoms with E-state index in [9.17, 15) is 14.7 Å². The van der Waals surface area contributed by atoms with Gasteiger partial charge in [0.2, 0.25) is 11.6 Å². The van der Waals surface area contributed by atoms with Crippen LogP contribution in [0.4, 0.5) is 32.5 Å². The summed E-state index contributed by atoms with van der Waals surface area (Å²) in [5.41, 5.74) is 1.17. The Kier molecular flexibility index (Phi) is 6.62. The first-order valence-electron chi connectivity index (χ1n) is 8.09. The van der Waals surface area contributed by atoms with Gasteiger partial charge in [0, 0.05) is 13.0 Å². The molecule has 10 nitrogen and oxygen atoms in total. The van der Waals surface area contributed by atoms with Gasteiger partial charge in [-0.25, -0.2) is 14.0 Å². The first-order chi connectivity index (χ1) is 13.2. The molecule has 0 saturated carbocycles. The molecule has 11 heteroatoms. The summed E-state index contributed by atoms with van der Waals surface area (Å²) in [5, 5.41) is 23.4. The van der Waals surface area contributed by atoms with E-state index in [1.54, 1.807) is 20.8 Å². The number of amides is 2. The summed E-state index contributed by atoms with van der Waals surface area (Å²) in [6.45, 7) is 13.6. The fraction of sp³-hybridized carbons (Fsp3) is 0.294. The molecule has 2 amide bonds. The van der Waals surface area contributed by atoms with E-state index in [4.69, 9.17) is 11.3 Å². The van der Waals surface area contributed by atoms with E-state index in [1.807, 2.05) is 0 Å². The summed E-state index contributed by atoms with van der Waals surface area (Å²) in [7, 11) is 0. The molecular weight excluding hydrogens is 384 g/mol. The number of azo groups is 1. The highest BCUT2D eigenvalue weighted by molar-refractivity contribution is 7.10. The van der Waals surface area contributed by atoms with E-state index in [0.717, 1.165) is 11.5 Å². The Labute approximate surface area is 165 Å². The summed E-state index contributed by atoms with van der Waals surface area (Å²) < 4.78 is 9.09. The summed E-state index contributed by atoms with van der Waals surface area (Å²) in [6, 6.07) is 2.56. The zero-order valence-corrected chi connectivity index (χ0v) is 16.4. The van der Waals surface area contributed by atoms with Gasteiger partial charge < -0.3 is 15.2 Å². The van der Waals surface area contributed by atoms with Crippen LogP contribution in [0.3, 0.4) is 0 Å². The third-order valence-corrected chi connectivity index (χ3v) is 3.99. The van der Waals surface area contributed by atoms with Crippen molar-refractivity contribution in [2.75, 3.05) is 10.6 Å². The minimum absolute atomic E-state index is 0.0927. The van der Waals surface area contributed by atoms with Crippen molar-refractivity contribution >= 4 is 51.3 Å². The number of phenolic OH excluding ortho intramolecular Hbond substituents is 1. The van der Waals surface area contributed by atoms with E-state index in [-0.39, 0.29) is 34.6 Å². The van der Waals surface area contributed by atoms with Crippen molar-refractivity contribution in [2.24, 2.45) is 10.2 Å². The largest absolute Gasteiger partial charge is 0.506 e. The van der Waals surface area contributed by atoms with Gasteiger partial charge in [0.15, 0.2) is 5.00 Å². The first kappa shape index (κ1) is 20.8. The minimum Gasteiger partial charge on any atom is -0.506 e. The van der Waals surface area contributed by atoms with Gasteiger partial charge in [-0.3, -0.25) is 10.1 Å². The summed E-state index contributed by atoms with van der Waals surface area (Å²) in [4.78, 5) is 26.6. The normalized spacial score (nSPS) is 10.7. The molecule has 1 heterocycles. The number of aromatic nitrogens is 1. The highest BCUT2D eigenvalue weighted by Gasteiger charge is 2.15. The van der Waals surface area contributed by atoms with Crippen LogP contribution in [0, 0.1) is 13.5 Å². The summed E-state index contributed by atoms with van der Waals surface area (Å²) >= 11 is 1.01. The van der Waals surface area contributed by atoms with Crippen LogP contribution in [-0.2, 0) is 9.53 Å². The van der Waals surface area contributed by atoms with Crippen molar-refractivity contribution in [1.29, 1.82) is 0 Å². The van der Waals surface area contributed by atoms with Crippen LogP contribution in [0.2, 0.25) is 0 Å². The molecule has 0 saturated heterocycles. The lowest BCUT2D eigenvalue weighted by atomic mass is 10.2. The standard InChI is InChI=1S/C17H18N6O4S/c1-8(2)27-17(26)20-11-7-14(25)13(19-10(4)24)6-12(11)21-22-16-15(18-5)9(3)23-28-16/h6-8,25H,1-4H3,(H,19,24)(H,20,26). The third-order valence-electron chi connectivity index (χ3n) is 3.18. The van der Waals surface area contributed by atoms with Gasteiger partial charge in [-0.1, -0.05) is 0 Å². The molecule has 0 spiro atoms. The lowest BCUT2D eigenvalue weighted by Crippen LogP contribution is -2.18. The highest BCUT2D eigenvalue weighted by atomic mass is 32.1. The van der Waals surface area contributed by atoms with E-state index in [2.05, 4.69) is 30.1 Å². The van der Waals surface area contributed by atoms with Gasteiger partial charge in [0.1, 0.15) is 11.4 Å². The molecule has 28 heavy (non-hydrogen) atoms. The lowest BCUT2D eigenvalue weighted by molar-refractivity contribution is -0.114. The molecule has 0 fully saturated rings. The molecule has 2 rings (SSSR count). The molecule has 1 aromatic heterocycles. The molecule has 0 atom stereocenters. The van der Waals surface area contributed by atoms with Crippen molar-refractivity contribution in [3.05, 3.63) is 29.2 Å². The third kappa shape index (κ3) is 5.24. The maximum absolute atomic E-state index is 11.9. The van der Waals surface area contributed by atoms with E-state index < -0.39 is 12.0 Å². The van der Waals surface area contributed by atoms with Gasteiger partial charge in [-0.2, -0.15) is 0 Å². The number of hydrogen-bond acceptors (Lipinski definition) is 8. The molecule has 0 aliphatic carbocycles. The molecule has 1 aromatic carbocycles. The number of hydrogen-bond donors (Lipinski definition) is 3. The Balaban J connectivity index is 2.45. The molecule has 2 aromatic rings. The van der Waals surface area contributed by atoms with Crippen LogP contribution < -0.4 is 10.6 Å². The van der Waals surface area contributed by atoms with E-state index >= 15 is 0 Å². The van der Waals surface area contributed by atoms with Gasteiger partial charge in [-0.05, 0) is 38.4 Å². The molecule has 146 valence electrons. The highest BCUT2D eigenvalue weighted by Crippen LogP contribution is 2.40. The minimum atomic E-state index is -0.742. The molecule has 0 aliphatic rings. The number of phenols is 1. The maximum Gasteiger partial charge on any atom is 0.411 e. The second-order valence-corrected chi connectivity index (χ2v) is 6.63. The maximum atomic E-state index is 11.9. The predicted molar refractivity (Wildman–Crippen MR) is 105 cm³/mol. The molecule has 0 aliphatic heterocycles. The number of nitrogens with one attached hydrogen (secondary N) is 2. The number of anilines is 2. The predicted octanol–water partition coefficient (Wildman–Crippen LogP) is 5.04. The molecular formula is C17H18N6O4S. The van der Waals surface area contributed by atoms with Crippen LogP contribution in [-0.4, -0.2) is 27.6 Å². The molecule has 0 radical (unpaired) electrons. The Morgan fingerprint density at radius 3 is 2.61 bits per heavy atom. The van der Waals surface area contributed by atoms with Crippen molar-refractivity contribution in [3.8, 4) is 5.75 Å². The number of nitrogens with zero attached hydrogens (tertiary/aromatic N) is 4. The topological polar surface area (TPSA) is 130 Å². The molecule has 0 unspecified atom stereocenters. The van der Waals surface area contributed by atoms with Crippen LogP contribution in [0.15, 0.2) is 22.4 Å². The number of benzene rings is 1. The van der Waals surface area contributed by atoms with Crippen LogP contribution in [0.5, 0.6) is 5.75 Å². The first-order valence-corrected chi connectivity index (χ1v) is 8.86. The zero-order chi connectivity index (χ0) is 20.8. The van der Waals surface area contributed by atoms with Gasteiger partial charge in [0.25, 0.3) is 0 Å². The van der Waals surface area contributed by atoms with E-state index in [1.165, 1.54) is 19.1 Å². The Bertz CT molecular complexity index is 977. The van der Waals surface area contributed by atoms with Crippen LogP contribution in [0.1, 0.15) is 26.5 Å². The Morgan fingerprint density at radius 1 is 1.29 bits per heavy atom. The number of carbonyl (C=O) groups excluding carboxylic acids is 2. The summed E-state index contributed by atoms with van der Waals surface area (Å²) in [6.07, 6.45) is -1.09. The average molecular weight is 402 g/mol. The van der Waals surface area contributed by atoms with Gasteiger partial charge in [0.05, 0.1) is 29.7 Å². The number of carbonyl (C=O) groups is 2. The van der Waals surface area contributed by atoms with Gasteiger partial charge >= 0.3 is 6.09 Å². The quantitative estimate of drug-likeness (QED) is 0.366. The van der Waals surface area contributed by atoms with Crippen LogP contribution >= 0.6 is 11.5 Å². The number of rotatable bonds is 5. The van der Waals surface area contributed by atoms with E-state index in [0.29, 0.717) is 10.7 Å². The number of aryl methyl sites for hydroxylation is 1. The lowest BCUT2D eigenvalue weighted by Gasteiger charge is -2.13. The van der Waals surface area contributed by atoms with Gasteiger partial charge in [-0.15, -0.1) is 10.2 Å². The zero-order valence-electron chi connectivity index (χ0n) is 15.6. The van der Waals surface area contributed by atoms with Crippen molar-refractivity contribution < 1.29 is 19.4 Å². The average Bonchev–Trinajstić information content (AvgIpc) is 2.94. The second kappa shape index (κ2) is 8.92. The second-order valence-electron chi connectivity index (χ2n) is 5.88. The van der Waals surface area contributed by atoms with Crippen LogP contribution in [0.25, 0.3) is 4.85 Å². The van der Waals surface area contributed by atoms with Crippen molar-refractivity contribution in [2.45, 2.75) is 33.8 Å². The Morgan fingerprint density at radius 2 is 2.00 bits per heavy atom.